The van der Waals surface area contributed by atoms with Gasteiger partial charge in [-0.3, -0.25) is 9.59 Å². The minimum atomic E-state index is -1.02. The van der Waals surface area contributed by atoms with Crippen LogP contribution in [0.5, 0.6) is 0 Å². The van der Waals surface area contributed by atoms with Gasteiger partial charge < -0.3 is 15.2 Å². The van der Waals surface area contributed by atoms with Crippen LogP contribution in [0.15, 0.2) is 18.2 Å². The van der Waals surface area contributed by atoms with Gasteiger partial charge in [0, 0.05) is 5.69 Å². The van der Waals surface area contributed by atoms with Gasteiger partial charge in [-0.25, -0.2) is 4.39 Å². The molecule has 0 spiro atoms. The monoisotopic (exact) mass is 293 g/mol. The Balaban J connectivity index is 1.78. The van der Waals surface area contributed by atoms with E-state index in [4.69, 9.17) is 4.74 Å². The molecule has 0 aromatic heterocycles. The Bertz CT molecular complexity index is 603. The molecule has 112 valence electrons. The zero-order valence-corrected chi connectivity index (χ0v) is 11.5. The summed E-state index contributed by atoms with van der Waals surface area (Å²) in [7, 11) is 0. The lowest BCUT2D eigenvalue weighted by Crippen LogP contribution is -2.40. The summed E-state index contributed by atoms with van der Waals surface area (Å²) in [6.45, 7) is 1.63. The first-order valence-electron chi connectivity index (χ1n) is 6.92. The molecule has 2 aliphatic rings. The molecule has 21 heavy (non-hydrogen) atoms. The lowest BCUT2D eigenvalue weighted by atomic mass is 9.78. The molecule has 2 N–H and O–H groups in total. The molecule has 0 aliphatic carbocycles. The van der Waals surface area contributed by atoms with E-state index in [-0.39, 0.29) is 6.10 Å². The highest BCUT2D eigenvalue weighted by molar-refractivity contribution is 5.96. The number of carbonyl (C=O) groups excluding carboxylic acids is 1. The van der Waals surface area contributed by atoms with Crippen LogP contribution in [0.25, 0.3) is 0 Å². The molecule has 0 radical (unpaired) electrons. The van der Waals surface area contributed by atoms with E-state index in [0.717, 1.165) is 0 Å². The standard InChI is InChI=1S/C15H16FNO4/c1-7-2-3-8(6-9(7)16)17-14(18)12-10-4-5-11(21-10)13(12)15(19)20/h2-3,6,10-13H,4-5H2,1H3,(H,17,18)(H,19,20)/t10-,11-,12+,13-/m1/s1. The van der Waals surface area contributed by atoms with Crippen LogP contribution in [0, 0.1) is 24.6 Å². The van der Waals surface area contributed by atoms with Gasteiger partial charge >= 0.3 is 5.97 Å². The Morgan fingerprint density at radius 2 is 1.95 bits per heavy atom. The van der Waals surface area contributed by atoms with Crippen molar-refractivity contribution in [2.45, 2.75) is 32.0 Å². The van der Waals surface area contributed by atoms with Crippen LogP contribution >= 0.6 is 0 Å². The van der Waals surface area contributed by atoms with E-state index in [1.165, 1.54) is 6.07 Å². The molecule has 0 unspecified atom stereocenters. The fourth-order valence-corrected chi connectivity index (χ4v) is 3.22. The molecule has 2 heterocycles. The quantitative estimate of drug-likeness (QED) is 0.893. The molecule has 2 aliphatic heterocycles. The number of carboxylic acids is 1. The van der Waals surface area contributed by atoms with Gasteiger partial charge in [0.15, 0.2) is 0 Å². The molecule has 2 bridgehead atoms. The van der Waals surface area contributed by atoms with Crippen LogP contribution in [-0.4, -0.2) is 29.2 Å². The summed E-state index contributed by atoms with van der Waals surface area (Å²) < 4.78 is 19.0. The fourth-order valence-electron chi connectivity index (χ4n) is 3.22. The zero-order chi connectivity index (χ0) is 15.1. The summed E-state index contributed by atoms with van der Waals surface area (Å²) in [5.74, 6) is -3.38. The predicted octanol–water partition coefficient (Wildman–Crippen LogP) is 1.95. The van der Waals surface area contributed by atoms with Gasteiger partial charge in [-0.05, 0) is 37.5 Å². The maximum Gasteiger partial charge on any atom is 0.310 e. The van der Waals surface area contributed by atoms with Crippen LogP contribution in [0.2, 0.25) is 0 Å². The van der Waals surface area contributed by atoms with E-state index in [9.17, 15) is 19.1 Å². The van der Waals surface area contributed by atoms with Gasteiger partial charge in [0.05, 0.1) is 24.0 Å². The van der Waals surface area contributed by atoms with Crippen molar-refractivity contribution >= 4 is 17.6 Å². The van der Waals surface area contributed by atoms with Crippen LogP contribution in [0.4, 0.5) is 10.1 Å². The van der Waals surface area contributed by atoms with E-state index < -0.39 is 35.6 Å². The molecule has 2 saturated heterocycles. The minimum Gasteiger partial charge on any atom is -0.481 e. The molecule has 1 aromatic carbocycles. The third-order valence-corrected chi connectivity index (χ3v) is 4.30. The Hall–Kier alpha value is -1.95. The average Bonchev–Trinajstić information content (AvgIpc) is 3.03. The van der Waals surface area contributed by atoms with Crippen molar-refractivity contribution < 1.29 is 23.8 Å². The SMILES string of the molecule is Cc1ccc(NC(=O)[C@@H]2[C@H](C(=O)O)[C@H]3CC[C@H]2O3)cc1F. The topological polar surface area (TPSA) is 75.6 Å². The number of anilines is 1. The fraction of sp³-hybridized carbons (Fsp3) is 0.467. The van der Waals surface area contributed by atoms with Gasteiger partial charge in [-0.1, -0.05) is 6.07 Å². The van der Waals surface area contributed by atoms with Gasteiger partial charge in [0.2, 0.25) is 5.91 Å². The summed E-state index contributed by atoms with van der Waals surface area (Å²) >= 11 is 0. The van der Waals surface area contributed by atoms with E-state index in [1.54, 1.807) is 19.1 Å². The van der Waals surface area contributed by atoms with Crippen molar-refractivity contribution in [3.8, 4) is 0 Å². The number of hydrogen-bond acceptors (Lipinski definition) is 3. The van der Waals surface area contributed by atoms with Crippen molar-refractivity contribution in [1.29, 1.82) is 0 Å². The van der Waals surface area contributed by atoms with Crippen LogP contribution < -0.4 is 5.32 Å². The molecular weight excluding hydrogens is 277 g/mol. The van der Waals surface area contributed by atoms with Gasteiger partial charge in [0.1, 0.15) is 5.82 Å². The number of carboxylic acid groups (broad SMARTS) is 1. The van der Waals surface area contributed by atoms with Crippen LogP contribution in [0.1, 0.15) is 18.4 Å². The highest BCUT2D eigenvalue weighted by atomic mass is 19.1. The molecule has 1 aromatic rings. The zero-order valence-electron chi connectivity index (χ0n) is 11.5. The van der Waals surface area contributed by atoms with Crippen molar-refractivity contribution in [2.24, 2.45) is 11.8 Å². The second-order valence-electron chi connectivity index (χ2n) is 5.63. The number of ether oxygens (including phenoxy) is 1. The smallest absolute Gasteiger partial charge is 0.310 e. The number of benzene rings is 1. The van der Waals surface area contributed by atoms with Crippen molar-refractivity contribution in [2.75, 3.05) is 5.32 Å². The highest BCUT2D eigenvalue weighted by Crippen LogP contribution is 2.44. The molecule has 1 amide bonds. The summed E-state index contributed by atoms with van der Waals surface area (Å²) in [5.41, 5.74) is 0.815. The van der Waals surface area contributed by atoms with Crippen molar-refractivity contribution in [1.82, 2.24) is 0 Å². The third-order valence-electron chi connectivity index (χ3n) is 4.30. The van der Waals surface area contributed by atoms with E-state index >= 15 is 0 Å². The maximum atomic E-state index is 13.5. The first-order chi connectivity index (χ1) is 9.97. The summed E-state index contributed by atoms with van der Waals surface area (Å²) in [5, 5.41) is 11.9. The minimum absolute atomic E-state index is 0.329. The molecule has 3 rings (SSSR count). The Morgan fingerprint density at radius 1 is 1.29 bits per heavy atom. The van der Waals surface area contributed by atoms with Crippen LogP contribution in [-0.2, 0) is 14.3 Å². The molecule has 6 heteroatoms. The normalized spacial score (nSPS) is 30.4. The van der Waals surface area contributed by atoms with Gasteiger partial charge in [-0.15, -0.1) is 0 Å². The number of nitrogens with one attached hydrogen (secondary N) is 1. The van der Waals surface area contributed by atoms with Crippen molar-refractivity contribution in [3.05, 3.63) is 29.6 Å². The van der Waals surface area contributed by atoms with E-state index in [0.29, 0.717) is 24.1 Å². The number of amides is 1. The molecule has 4 atom stereocenters. The van der Waals surface area contributed by atoms with E-state index in [1.807, 2.05) is 0 Å². The number of aryl methyl sites for hydroxylation is 1. The first-order valence-corrected chi connectivity index (χ1v) is 6.92. The predicted molar refractivity (Wildman–Crippen MR) is 72.3 cm³/mol. The second-order valence-corrected chi connectivity index (χ2v) is 5.63. The number of hydrogen-bond donors (Lipinski definition) is 2. The Kier molecular flexibility index (Phi) is 3.41. The van der Waals surface area contributed by atoms with Crippen molar-refractivity contribution in [3.63, 3.8) is 0 Å². The molecule has 2 fully saturated rings. The van der Waals surface area contributed by atoms with Crippen LogP contribution in [0.3, 0.4) is 0 Å². The highest BCUT2D eigenvalue weighted by Gasteiger charge is 2.55. The lowest BCUT2D eigenvalue weighted by Gasteiger charge is -2.23. The summed E-state index contributed by atoms with van der Waals surface area (Å²) in [4.78, 5) is 23.7. The Morgan fingerprint density at radius 3 is 2.57 bits per heavy atom. The number of fused-ring (bicyclic) bond motifs is 2. The number of rotatable bonds is 3. The van der Waals surface area contributed by atoms with E-state index in [2.05, 4.69) is 5.32 Å². The first kappa shape index (κ1) is 14.0. The Labute approximate surface area is 121 Å². The second kappa shape index (κ2) is 5.11. The maximum absolute atomic E-state index is 13.5. The van der Waals surface area contributed by atoms with Gasteiger partial charge in [0.25, 0.3) is 0 Å². The third kappa shape index (κ3) is 2.40. The summed E-state index contributed by atoms with van der Waals surface area (Å²) in [6, 6.07) is 4.40. The largest absolute Gasteiger partial charge is 0.481 e. The summed E-state index contributed by atoms with van der Waals surface area (Å²) in [6.07, 6.45) is 0.615. The molecular formula is C15H16FNO4. The number of carbonyl (C=O) groups is 2. The number of aliphatic carboxylic acids is 1. The lowest BCUT2D eigenvalue weighted by molar-refractivity contribution is -0.147. The molecule has 5 nitrogen and oxygen atoms in total. The van der Waals surface area contributed by atoms with Gasteiger partial charge in [-0.2, -0.15) is 0 Å². The average molecular weight is 293 g/mol. The molecule has 0 saturated carbocycles. The number of halogens is 1.